The number of carbonyl (C=O) groups excluding carboxylic acids is 1. The number of carbonyl (C=O) groups is 1. The van der Waals surface area contributed by atoms with Crippen LogP contribution in [0.5, 0.6) is 0 Å². The zero-order valence-electron chi connectivity index (χ0n) is 9.45. The molecule has 2 N–H and O–H groups in total. The second-order valence-electron chi connectivity index (χ2n) is 3.77. The maximum atomic E-state index is 13.5. The van der Waals surface area contributed by atoms with Gasteiger partial charge in [0.15, 0.2) is 5.76 Å². The molecule has 0 saturated carbocycles. The number of ketones is 1. The van der Waals surface area contributed by atoms with Gasteiger partial charge in [0.2, 0.25) is 5.78 Å². The van der Waals surface area contributed by atoms with Crippen molar-refractivity contribution < 1.29 is 13.6 Å². The minimum absolute atomic E-state index is 0.136. The molecular weight excluding hydrogens is 257 g/mol. The standard InChI is InChI=1S/C13H11ClFNO2/c14-10-2-1-3-11(15)9(10)6-12(17)13-5-4-8(7-16)18-13/h1-5H,6-7,16H2. The van der Waals surface area contributed by atoms with Crippen molar-refractivity contribution in [1.82, 2.24) is 0 Å². The summed E-state index contributed by atoms with van der Waals surface area (Å²) in [5, 5.41) is 0.231. The largest absolute Gasteiger partial charge is 0.457 e. The molecule has 0 saturated heterocycles. The normalized spacial score (nSPS) is 10.6. The summed E-state index contributed by atoms with van der Waals surface area (Å²) in [4.78, 5) is 11.9. The lowest BCUT2D eigenvalue weighted by atomic mass is 10.1. The van der Waals surface area contributed by atoms with E-state index in [2.05, 4.69) is 0 Å². The summed E-state index contributed by atoms with van der Waals surface area (Å²) in [6.45, 7) is 0.216. The van der Waals surface area contributed by atoms with Crippen molar-refractivity contribution in [2.24, 2.45) is 5.73 Å². The fourth-order valence-corrected chi connectivity index (χ4v) is 1.82. The van der Waals surface area contributed by atoms with E-state index in [4.69, 9.17) is 21.8 Å². The number of hydrogen-bond donors (Lipinski definition) is 1. The lowest BCUT2D eigenvalue weighted by Crippen LogP contribution is -2.05. The average molecular weight is 268 g/mol. The van der Waals surface area contributed by atoms with Gasteiger partial charge in [0.05, 0.1) is 6.54 Å². The van der Waals surface area contributed by atoms with Gasteiger partial charge >= 0.3 is 0 Å². The first-order valence-corrected chi connectivity index (χ1v) is 5.74. The Morgan fingerprint density at radius 3 is 2.72 bits per heavy atom. The second kappa shape index (κ2) is 5.33. The molecule has 3 nitrogen and oxygen atoms in total. The van der Waals surface area contributed by atoms with Crippen LogP contribution in [0.15, 0.2) is 34.7 Å². The molecular formula is C13H11ClFNO2. The molecule has 2 aromatic rings. The van der Waals surface area contributed by atoms with Crippen LogP contribution < -0.4 is 5.73 Å². The highest BCUT2D eigenvalue weighted by molar-refractivity contribution is 6.31. The molecule has 2 rings (SSSR count). The van der Waals surface area contributed by atoms with Crippen LogP contribution in [0, 0.1) is 5.82 Å². The summed E-state index contributed by atoms with van der Waals surface area (Å²) in [5.41, 5.74) is 5.55. The number of rotatable bonds is 4. The first-order valence-electron chi connectivity index (χ1n) is 5.36. The number of benzene rings is 1. The quantitative estimate of drug-likeness (QED) is 0.867. The van der Waals surface area contributed by atoms with Crippen LogP contribution in [0.2, 0.25) is 5.02 Å². The van der Waals surface area contributed by atoms with E-state index in [-0.39, 0.29) is 35.1 Å². The van der Waals surface area contributed by atoms with E-state index in [0.717, 1.165) is 0 Å². The fraction of sp³-hybridized carbons (Fsp3) is 0.154. The Bertz CT molecular complexity index is 560. The van der Waals surface area contributed by atoms with Crippen LogP contribution in [0.3, 0.4) is 0 Å². The SMILES string of the molecule is NCc1ccc(C(=O)Cc2c(F)cccc2Cl)o1. The van der Waals surface area contributed by atoms with Crippen LogP contribution in [-0.4, -0.2) is 5.78 Å². The van der Waals surface area contributed by atoms with Gasteiger partial charge in [-0.15, -0.1) is 0 Å². The zero-order chi connectivity index (χ0) is 13.1. The van der Waals surface area contributed by atoms with Gasteiger partial charge < -0.3 is 10.2 Å². The summed E-state index contributed by atoms with van der Waals surface area (Å²) in [7, 11) is 0. The van der Waals surface area contributed by atoms with Gasteiger partial charge in [0.25, 0.3) is 0 Å². The molecule has 0 radical (unpaired) electrons. The Balaban J connectivity index is 2.21. The minimum atomic E-state index is -0.499. The van der Waals surface area contributed by atoms with Gasteiger partial charge in [0.1, 0.15) is 11.6 Å². The van der Waals surface area contributed by atoms with Gasteiger partial charge in [0, 0.05) is 17.0 Å². The molecule has 18 heavy (non-hydrogen) atoms. The second-order valence-corrected chi connectivity index (χ2v) is 4.18. The first kappa shape index (κ1) is 12.8. The lowest BCUT2D eigenvalue weighted by molar-refractivity contribution is 0.0963. The lowest BCUT2D eigenvalue weighted by Gasteiger charge is -2.03. The summed E-state index contributed by atoms with van der Waals surface area (Å²) < 4.78 is 18.7. The molecule has 0 unspecified atom stereocenters. The average Bonchev–Trinajstić information content (AvgIpc) is 2.82. The van der Waals surface area contributed by atoms with E-state index in [0.29, 0.717) is 5.76 Å². The van der Waals surface area contributed by atoms with Gasteiger partial charge in [-0.2, -0.15) is 0 Å². The molecule has 0 bridgehead atoms. The molecule has 0 aliphatic carbocycles. The number of hydrogen-bond acceptors (Lipinski definition) is 3. The molecule has 0 atom stereocenters. The van der Waals surface area contributed by atoms with Crippen LogP contribution >= 0.6 is 11.6 Å². The Morgan fingerprint density at radius 1 is 1.33 bits per heavy atom. The highest BCUT2D eigenvalue weighted by Gasteiger charge is 2.16. The van der Waals surface area contributed by atoms with E-state index in [9.17, 15) is 9.18 Å². The van der Waals surface area contributed by atoms with E-state index < -0.39 is 5.82 Å². The highest BCUT2D eigenvalue weighted by atomic mass is 35.5. The molecule has 1 aromatic heterocycles. The molecule has 1 aromatic carbocycles. The third-order valence-electron chi connectivity index (χ3n) is 2.54. The fourth-order valence-electron chi connectivity index (χ4n) is 1.59. The predicted octanol–water partition coefficient (Wildman–Crippen LogP) is 2.96. The van der Waals surface area contributed by atoms with Crippen molar-refractivity contribution in [3.8, 4) is 0 Å². The summed E-state index contributed by atoms with van der Waals surface area (Å²) >= 11 is 5.85. The number of Topliss-reactive ketones (excluding diaryl/α,β-unsaturated/α-hetero) is 1. The van der Waals surface area contributed by atoms with E-state index in [1.165, 1.54) is 18.2 Å². The molecule has 0 amide bonds. The topological polar surface area (TPSA) is 56.2 Å². The smallest absolute Gasteiger partial charge is 0.202 e. The zero-order valence-corrected chi connectivity index (χ0v) is 10.2. The number of nitrogens with two attached hydrogens (primary N) is 1. The van der Waals surface area contributed by atoms with Crippen molar-refractivity contribution in [3.63, 3.8) is 0 Å². The molecule has 0 fully saturated rings. The monoisotopic (exact) mass is 267 g/mol. The maximum absolute atomic E-state index is 13.5. The van der Waals surface area contributed by atoms with Crippen LogP contribution in [0.4, 0.5) is 4.39 Å². The van der Waals surface area contributed by atoms with E-state index in [1.807, 2.05) is 0 Å². The van der Waals surface area contributed by atoms with Gasteiger partial charge in [-0.25, -0.2) is 4.39 Å². The van der Waals surface area contributed by atoms with Gasteiger partial charge in [-0.3, -0.25) is 4.79 Å². The molecule has 0 aliphatic heterocycles. The van der Waals surface area contributed by atoms with Crippen LogP contribution in [0.1, 0.15) is 21.9 Å². The Morgan fingerprint density at radius 2 is 2.11 bits per heavy atom. The summed E-state index contributed by atoms with van der Waals surface area (Å²) in [6.07, 6.45) is -0.136. The molecule has 1 heterocycles. The predicted molar refractivity (Wildman–Crippen MR) is 66.0 cm³/mol. The van der Waals surface area contributed by atoms with Crippen molar-refractivity contribution in [2.45, 2.75) is 13.0 Å². The number of halogens is 2. The molecule has 0 aliphatic rings. The van der Waals surface area contributed by atoms with Crippen molar-refractivity contribution >= 4 is 17.4 Å². The number of furan rings is 1. The Kier molecular flexibility index (Phi) is 3.79. The molecule has 0 spiro atoms. The maximum Gasteiger partial charge on any atom is 0.202 e. The Hall–Kier alpha value is -1.65. The first-order chi connectivity index (χ1) is 8.61. The van der Waals surface area contributed by atoms with Crippen molar-refractivity contribution in [2.75, 3.05) is 0 Å². The Labute approximate surface area is 108 Å². The summed E-state index contributed by atoms with van der Waals surface area (Å²) in [5.74, 6) is -0.157. The van der Waals surface area contributed by atoms with Crippen LogP contribution in [-0.2, 0) is 13.0 Å². The van der Waals surface area contributed by atoms with E-state index >= 15 is 0 Å². The van der Waals surface area contributed by atoms with Crippen LogP contribution in [0.25, 0.3) is 0 Å². The van der Waals surface area contributed by atoms with Gasteiger partial charge in [-0.1, -0.05) is 17.7 Å². The van der Waals surface area contributed by atoms with Crippen molar-refractivity contribution in [1.29, 1.82) is 0 Å². The summed E-state index contributed by atoms with van der Waals surface area (Å²) in [6, 6.07) is 7.45. The van der Waals surface area contributed by atoms with Gasteiger partial charge in [-0.05, 0) is 24.3 Å². The van der Waals surface area contributed by atoms with Crippen molar-refractivity contribution in [3.05, 3.63) is 58.3 Å². The van der Waals surface area contributed by atoms with E-state index in [1.54, 1.807) is 12.1 Å². The third-order valence-corrected chi connectivity index (χ3v) is 2.89. The molecule has 5 heteroatoms. The molecule has 94 valence electrons. The highest BCUT2D eigenvalue weighted by Crippen LogP contribution is 2.21. The minimum Gasteiger partial charge on any atom is -0.457 e. The third kappa shape index (κ3) is 2.60.